The lowest BCUT2D eigenvalue weighted by Crippen LogP contribution is -2.32. The second kappa shape index (κ2) is 8.96. The Balaban J connectivity index is 1.79. The maximum atomic E-state index is 13.4. The maximum Gasteiger partial charge on any atom is 0.282 e. The summed E-state index contributed by atoms with van der Waals surface area (Å²) in [4.78, 5) is 38.5. The lowest BCUT2D eigenvalue weighted by atomic mass is 10.0. The number of nitrogens with one attached hydrogen (secondary N) is 1. The zero-order chi connectivity index (χ0) is 23.5. The minimum absolute atomic E-state index is 0.0862. The van der Waals surface area contributed by atoms with E-state index in [9.17, 15) is 19.7 Å². The SMILES string of the molecule is CCOc1cccc(NC2=C(c3ccc([N+](=O)[O-])cc3)C(=O)N(c3ccc(C)cc3)C2=O)c1. The molecule has 0 atom stereocenters. The molecule has 0 aromatic heterocycles. The number of hydrogen-bond acceptors (Lipinski definition) is 6. The molecule has 0 saturated carbocycles. The Hall–Kier alpha value is -4.46. The largest absolute Gasteiger partial charge is 0.494 e. The van der Waals surface area contributed by atoms with Crippen LogP contribution < -0.4 is 15.0 Å². The zero-order valence-corrected chi connectivity index (χ0v) is 18.1. The highest BCUT2D eigenvalue weighted by molar-refractivity contribution is 6.46. The average Bonchev–Trinajstić information content (AvgIpc) is 3.04. The number of aryl methyl sites for hydroxylation is 1. The molecule has 33 heavy (non-hydrogen) atoms. The summed E-state index contributed by atoms with van der Waals surface area (Å²) in [5.74, 6) is -0.410. The molecule has 166 valence electrons. The van der Waals surface area contributed by atoms with Gasteiger partial charge in [-0.15, -0.1) is 0 Å². The average molecular weight is 443 g/mol. The Labute approximate surface area is 190 Å². The van der Waals surface area contributed by atoms with Crippen molar-refractivity contribution in [2.24, 2.45) is 0 Å². The van der Waals surface area contributed by atoms with Gasteiger partial charge in [0.2, 0.25) is 0 Å². The smallest absolute Gasteiger partial charge is 0.282 e. The van der Waals surface area contributed by atoms with Crippen molar-refractivity contribution >= 4 is 34.4 Å². The van der Waals surface area contributed by atoms with Crippen LogP contribution >= 0.6 is 0 Å². The van der Waals surface area contributed by atoms with Crippen LogP contribution in [-0.4, -0.2) is 23.3 Å². The topological polar surface area (TPSA) is 102 Å². The van der Waals surface area contributed by atoms with Crippen LogP contribution in [-0.2, 0) is 9.59 Å². The number of carbonyl (C=O) groups excluding carboxylic acids is 2. The quantitative estimate of drug-likeness (QED) is 0.323. The fourth-order valence-corrected chi connectivity index (χ4v) is 3.57. The van der Waals surface area contributed by atoms with Crippen LogP contribution in [0.2, 0.25) is 0 Å². The number of nitro groups is 1. The predicted octanol–water partition coefficient (Wildman–Crippen LogP) is 4.70. The van der Waals surface area contributed by atoms with Crippen molar-refractivity contribution < 1.29 is 19.2 Å². The van der Waals surface area contributed by atoms with Crippen LogP contribution in [0.4, 0.5) is 17.1 Å². The molecule has 0 aliphatic carbocycles. The van der Waals surface area contributed by atoms with Gasteiger partial charge in [-0.2, -0.15) is 0 Å². The molecule has 1 aliphatic heterocycles. The van der Waals surface area contributed by atoms with Gasteiger partial charge >= 0.3 is 0 Å². The van der Waals surface area contributed by atoms with Gasteiger partial charge in [-0.1, -0.05) is 23.8 Å². The lowest BCUT2D eigenvalue weighted by molar-refractivity contribution is -0.384. The van der Waals surface area contributed by atoms with Crippen molar-refractivity contribution in [3.63, 3.8) is 0 Å². The van der Waals surface area contributed by atoms with E-state index in [-0.39, 0.29) is 17.0 Å². The molecule has 1 heterocycles. The van der Waals surface area contributed by atoms with Crippen molar-refractivity contribution in [1.82, 2.24) is 0 Å². The maximum absolute atomic E-state index is 13.4. The highest BCUT2D eigenvalue weighted by Gasteiger charge is 2.40. The summed E-state index contributed by atoms with van der Waals surface area (Å²) in [6, 6.07) is 19.7. The van der Waals surface area contributed by atoms with Crippen LogP contribution in [0, 0.1) is 17.0 Å². The van der Waals surface area contributed by atoms with Gasteiger partial charge < -0.3 is 10.1 Å². The number of anilines is 2. The monoisotopic (exact) mass is 443 g/mol. The molecule has 0 bridgehead atoms. The van der Waals surface area contributed by atoms with Crippen LogP contribution in [0.3, 0.4) is 0 Å². The number of carbonyl (C=O) groups is 2. The summed E-state index contributed by atoms with van der Waals surface area (Å²) < 4.78 is 5.53. The Morgan fingerprint density at radius 2 is 1.67 bits per heavy atom. The van der Waals surface area contributed by atoms with Gasteiger partial charge in [0, 0.05) is 23.9 Å². The molecule has 0 saturated heterocycles. The molecule has 3 aromatic carbocycles. The lowest BCUT2D eigenvalue weighted by Gasteiger charge is -2.15. The van der Waals surface area contributed by atoms with Crippen molar-refractivity contribution in [2.75, 3.05) is 16.8 Å². The number of ether oxygens (including phenoxy) is 1. The number of nitro benzene ring substituents is 1. The van der Waals surface area contributed by atoms with Crippen LogP contribution in [0.5, 0.6) is 5.75 Å². The predicted molar refractivity (Wildman–Crippen MR) is 125 cm³/mol. The van der Waals surface area contributed by atoms with Gasteiger partial charge in [-0.05, 0) is 55.8 Å². The first-order chi connectivity index (χ1) is 15.9. The van der Waals surface area contributed by atoms with E-state index in [0.717, 1.165) is 10.5 Å². The summed E-state index contributed by atoms with van der Waals surface area (Å²) in [5.41, 5.74) is 2.52. The summed E-state index contributed by atoms with van der Waals surface area (Å²) in [5, 5.41) is 14.1. The van der Waals surface area contributed by atoms with Crippen LogP contribution in [0.15, 0.2) is 78.5 Å². The molecule has 4 rings (SSSR count). The number of imide groups is 1. The van der Waals surface area contributed by atoms with E-state index in [1.54, 1.807) is 36.4 Å². The minimum Gasteiger partial charge on any atom is -0.494 e. The molecule has 3 aromatic rings. The number of benzene rings is 3. The molecule has 0 unspecified atom stereocenters. The third-order valence-electron chi connectivity index (χ3n) is 5.16. The van der Waals surface area contributed by atoms with E-state index in [1.165, 1.54) is 24.3 Å². The number of nitrogens with zero attached hydrogens (tertiary/aromatic N) is 2. The van der Waals surface area contributed by atoms with Crippen molar-refractivity contribution in [3.05, 3.63) is 99.7 Å². The molecule has 0 fully saturated rings. The van der Waals surface area contributed by atoms with E-state index in [0.29, 0.717) is 29.3 Å². The summed E-state index contributed by atoms with van der Waals surface area (Å²) in [7, 11) is 0. The van der Waals surface area contributed by atoms with E-state index < -0.39 is 16.7 Å². The first-order valence-electron chi connectivity index (χ1n) is 10.3. The van der Waals surface area contributed by atoms with Gasteiger partial charge in [0.15, 0.2) is 0 Å². The fourth-order valence-electron chi connectivity index (χ4n) is 3.57. The fraction of sp³-hybridized carbons (Fsp3) is 0.120. The highest BCUT2D eigenvalue weighted by atomic mass is 16.6. The van der Waals surface area contributed by atoms with E-state index >= 15 is 0 Å². The number of non-ortho nitro benzene ring substituents is 1. The van der Waals surface area contributed by atoms with Crippen LogP contribution in [0.25, 0.3) is 5.57 Å². The van der Waals surface area contributed by atoms with Gasteiger partial charge in [0.1, 0.15) is 11.4 Å². The zero-order valence-electron chi connectivity index (χ0n) is 18.1. The molecular formula is C25H21N3O5. The molecular weight excluding hydrogens is 422 g/mol. The van der Waals surface area contributed by atoms with Gasteiger partial charge in [0.05, 0.1) is 22.8 Å². The van der Waals surface area contributed by atoms with Gasteiger partial charge in [0.25, 0.3) is 17.5 Å². The Kier molecular flexibility index (Phi) is 5.91. The Morgan fingerprint density at radius 3 is 2.30 bits per heavy atom. The molecule has 2 amide bonds. The molecule has 1 N–H and O–H groups in total. The second-order valence-corrected chi connectivity index (χ2v) is 7.42. The van der Waals surface area contributed by atoms with Crippen molar-refractivity contribution in [3.8, 4) is 5.75 Å². The standard InChI is InChI=1S/C25H21N3O5/c1-3-33-21-6-4-5-18(15-21)26-23-22(17-9-13-20(14-10-17)28(31)32)24(29)27(25(23)30)19-11-7-16(2)8-12-19/h4-15,26H,3H2,1-2H3. The van der Waals surface area contributed by atoms with E-state index in [2.05, 4.69) is 5.32 Å². The molecule has 8 heteroatoms. The normalized spacial score (nSPS) is 13.5. The summed E-state index contributed by atoms with van der Waals surface area (Å²) >= 11 is 0. The highest BCUT2D eigenvalue weighted by Crippen LogP contribution is 2.34. The third kappa shape index (κ3) is 4.31. The number of rotatable bonds is 7. The van der Waals surface area contributed by atoms with Crippen molar-refractivity contribution in [1.29, 1.82) is 0 Å². The molecule has 8 nitrogen and oxygen atoms in total. The minimum atomic E-state index is -0.517. The van der Waals surface area contributed by atoms with E-state index in [4.69, 9.17) is 4.74 Å². The second-order valence-electron chi connectivity index (χ2n) is 7.42. The van der Waals surface area contributed by atoms with Gasteiger partial charge in [-0.3, -0.25) is 19.7 Å². The molecule has 1 aliphatic rings. The summed E-state index contributed by atoms with van der Waals surface area (Å²) in [6.07, 6.45) is 0. The first kappa shape index (κ1) is 21.8. The van der Waals surface area contributed by atoms with Crippen LogP contribution in [0.1, 0.15) is 18.1 Å². The molecule has 0 radical (unpaired) electrons. The summed E-state index contributed by atoms with van der Waals surface area (Å²) in [6.45, 7) is 4.27. The Morgan fingerprint density at radius 1 is 0.970 bits per heavy atom. The number of amides is 2. The third-order valence-corrected chi connectivity index (χ3v) is 5.16. The number of hydrogen-bond donors (Lipinski definition) is 1. The first-order valence-corrected chi connectivity index (χ1v) is 10.3. The van der Waals surface area contributed by atoms with E-state index in [1.807, 2.05) is 26.0 Å². The Bertz CT molecular complexity index is 1260. The van der Waals surface area contributed by atoms with Crippen molar-refractivity contribution in [2.45, 2.75) is 13.8 Å². The molecule has 0 spiro atoms. The van der Waals surface area contributed by atoms with Gasteiger partial charge in [-0.25, -0.2) is 4.90 Å².